The Hall–Kier alpha value is -0.670. The Morgan fingerprint density at radius 2 is 2.15 bits per heavy atom. The number of hydrogen-bond acceptors (Lipinski definition) is 1. The summed E-state index contributed by atoms with van der Waals surface area (Å²) in [7, 11) is 0. The summed E-state index contributed by atoms with van der Waals surface area (Å²) >= 11 is 0. The van der Waals surface area contributed by atoms with E-state index in [4.69, 9.17) is 0 Å². The van der Waals surface area contributed by atoms with Gasteiger partial charge in [0.05, 0.1) is 0 Å². The van der Waals surface area contributed by atoms with Crippen LogP contribution in [0.25, 0.3) is 0 Å². The van der Waals surface area contributed by atoms with Crippen LogP contribution in [-0.4, -0.2) is 18.4 Å². The first-order valence-electron chi connectivity index (χ1n) is 4.72. The molecule has 1 unspecified atom stereocenters. The number of amides is 1. The molecule has 2 fully saturated rings. The lowest BCUT2D eigenvalue weighted by Gasteiger charge is -2.35. The van der Waals surface area contributed by atoms with E-state index in [0.29, 0.717) is 13.0 Å². The van der Waals surface area contributed by atoms with E-state index in [2.05, 4.69) is 5.32 Å². The van der Waals surface area contributed by atoms with Gasteiger partial charge in [-0.15, -0.1) is 0 Å². The third kappa shape index (κ3) is 1.81. The standard InChI is InChI=1S/C9H13F2NO/c10-9(11)4-6(5-9)3-7-1-2-12-8(7)13/h6-7H,1-5H2,(H,12,13). The van der Waals surface area contributed by atoms with E-state index in [9.17, 15) is 13.6 Å². The van der Waals surface area contributed by atoms with Gasteiger partial charge in [-0.1, -0.05) is 0 Å². The largest absolute Gasteiger partial charge is 0.356 e. The van der Waals surface area contributed by atoms with Crippen molar-refractivity contribution >= 4 is 5.91 Å². The zero-order chi connectivity index (χ0) is 9.47. The molecule has 0 spiro atoms. The normalized spacial score (nSPS) is 32.8. The molecule has 1 amide bonds. The Kier molecular flexibility index (Phi) is 2.00. The van der Waals surface area contributed by atoms with Gasteiger partial charge in [0.2, 0.25) is 11.8 Å². The quantitative estimate of drug-likeness (QED) is 0.701. The van der Waals surface area contributed by atoms with Crippen LogP contribution < -0.4 is 5.32 Å². The summed E-state index contributed by atoms with van der Waals surface area (Å²) in [6, 6.07) is 0. The fourth-order valence-corrected chi connectivity index (χ4v) is 2.22. The number of hydrogen-bond donors (Lipinski definition) is 1. The molecule has 0 aromatic rings. The fraction of sp³-hybridized carbons (Fsp3) is 0.889. The van der Waals surface area contributed by atoms with E-state index >= 15 is 0 Å². The maximum Gasteiger partial charge on any atom is 0.248 e. The van der Waals surface area contributed by atoms with E-state index in [1.807, 2.05) is 0 Å². The van der Waals surface area contributed by atoms with E-state index in [1.54, 1.807) is 0 Å². The zero-order valence-corrected chi connectivity index (χ0v) is 7.35. The van der Waals surface area contributed by atoms with Gasteiger partial charge in [0.15, 0.2) is 0 Å². The highest BCUT2D eigenvalue weighted by molar-refractivity contribution is 5.80. The Morgan fingerprint density at radius 1 is 1.46 bits per heavy atom. The molecule has 2 rings (SSSR count). The molecular weight excluding hydrogens is 176 g/mol. The Bertz CT molecular complexity index is 222. The highest BCUT2D eigenvalue weighted by atomic mass is 19.3. The van der Waals surface area contributed by atoms with Crippen LogP contribution in [0.3, 0.4) is 0 Å². The molecular formula is C9H13F2NO. The smallest absolute Gasteiger partial charge is 0.248 e. The third-order valence-corrected chi connectivity index (χ3v) is 2.96. The number of halogens is 2. The summed E-state index contributed by atoms with van der Waals surface area (Å²) in [5.41, 5.74) is 0. The molecule has 1 saturated heterocycles. The van der Waals surface area contributed by atoms with Crippen molar-refractivity contribution in [2.24, 2.45) is 11.8 Å². The average Bonchev–Trinajstić information content (AvgIpc) is 2.33. The fourth-order valence-electron chi connectivity index (χ4n) is 2.22. The number of carbonyl (C=O) groups is 1. The summed E-state index contributed by atoms with van der Waals surface area (Å²) in [5.74, 6) is -2.32. The molecule has 2 aliphatic rings. The van der Waals surface area contributed by atoms with Gasteiger partial charge in [0.25, 0.3) is 0 Å². The number of carbonyl (C=O) groups excluding carboxylic acids is 1. The molecule has 74 valence electrons. The number of alkyl halides is 2. The van der Waals surface area contributed by atoms with Crippen molar-refractivity contribution in [1.82, 2.24) is 5.32 Å². The van der Waals surface area contributed by atoms with Crippen molar-refractivity contribution in [1.29, 1.82) is 0 Å². The molecule has 1 N–H and O–H groups in total. The summed E-state index contributed by atoms with van der Waals surface area (Å²) < 4.78 is 24.9. The summed E-state index contributed by atoms with van der Waals surface area (Å²) in [5, 5.41) is 2.72. The molecule has 1 aliphatic heterocycles. The van der Waals surface area contributed by atoms with Crippen LogP contribution in [0.2, 0.25) is 0 Å². The van der Waals surface area contributed by atoms with Crippen molar-refractivity contribution < 1.29 is 13.6 Å². The van der Waals surface area contributed by atoms with Crippen LogP contribution >= 0.6 is 0 Å². The van der Waals surface area contributed by atoms with E-state index in [0.717, 1.165) is 6.42 Å². The van der Waals surface area contributed by atoms with E-state index in [-0.39, 0.29) is 30.6 Å². The van der Waals surface area contributed by atoms with Gasteiger partial charge in [-0.2, -0.15) is 0 Å². The molecule has 1 aliphatic carbocycles. The summed E-state index contributed by atoms with van der Waals surface area (Å²) in [6.45, 7) is 0.715. The van der Waals surface area contributed by atoms with Crippen LogP contribution in [-0.2, 0) is 4.79 Å². The molecule has 1 saturated carbocycles. The molecule has 0 aromatic heterocycles. The molecule has 0 radical (unpaired) electrons. The SMILES string of the molecule is O=C1NCCC1CC1CC(F)(F)C1. The van der Waals surface area contributed by atoms with Crippen LogP contribution in [0.15, 0.2) is 0 Å². The predicted octanol–water partition coefficient (Wildman–Crippen LogP) is 1.56. The van der Waals surface area contributed by atoms with E-state index < -0.39 is 5.92 Å². The predicted molar refractivity (Wildman–Crippen MR) is 43.4 cm³/mol. The molecule has 1 atom stereocenters. The van der Waals surface area contributed by atoms with Crippen LogP contribution in [0.4, 0.5) is 8.78 Å². The van der Waals surface area contributed by atoms with Crippen molar-refractivity contribution in [3.8, 4) is 0 Å². The van der Waals surface area contributed by atoms with Gasteiger partial charge in [0.1, 0.15) is 0 Å². The maximum atomic E-state index is 12.5. The van der Waals surface area contributed by atoms with E-state index in [1.165, 1.54) is 0 Å². The first-order valence-corrected chi connectivity index (χ1v) is 4.72. The molecule has 0 bridgehead atoms. The van der Waals surface area contributed by atoms with Gasteiger partial charge in [-0.25, -0.2) is 8.78 Å². The first-order chi connectivity index (χ1) is 6.07. The van der Waals surface area contributed by atoms with Crippen LogP contribution in [0.5, 0.6) is 0 Å². The minimum atomic E-state index is -2.44. The number of rotatable bonds is 2. The monoisotopic (exact) mass is 189 g/mol. The Morgan fingerprint density at radius 3 is 2.62 bits per heavy atom. The lowest BCUT2D eigenvalue weighted by Crippen LogP contribution is -2.37. The second-order valence-corrected chi connectivity index (χ2v) is 4.14. The Balaban J connectivity index is 1.77. The summed E-state index contributed by atoms with van der Waals surface area (Å²) in [6.07, 6.45) is 1.44. The molecule has 13 heavy (non-hydrogen) atoms. The average molecular weight is 189 g/mol. The van der Waals surface area contributed by atoms with Crippen molar-refractivity contribution in [2.75, 3.05) is 6.54 Å². The molecule has 4 heteroatoms. The highest BCUT2D eigenvalue weighted by Crippen LogP contribution is 2.45. The number of nitrogens with one attached hydrogen (secondary N) is 1. The van der Waals surface area contributed by atoms with Gasteiger partial charge < -0.3 is 5.32 Å². The van der Waals surface area contributed by atoms with Gasteiger partial charge in [-0.05, 0) is 18.8 Å². The zero-order valence-electron chi connectivity index (χ0n) is 7.35. The maximum absolute atomic E-state index is 12.5. The topological polar surface area (TPSA) is 29.1 Å². The first kappa shape index (κ1) is 8.91. The molecule has 2 nitrogen and oxygen atoms in total. The minimum Gasteiger partial charge on any atom is -0.356 e. The van der Waals surface area contributed by atoms with Gasteiger partial charge >= 0.3 is 0 Å². The third-order valence-electron chi connectivity index (χ3n) is 2.96. The van der Waals surface area contributed by atoms with Crippen LogP contribution in [0.1, 0.15) is 25.7 Å². The van der Waals surface area contributed by atoms with Gasteiger partial charge in [-0.3, -0.25) is 4.79 Å². The Labute approximate surface area is 75.7 Å². The minimum absolute atomic E-state index is 0.00102. The van der Waals surface area contributed by atoms with Crippen LogP contribution in [0, 0.1) is 11.8 Å². The summed E-state index contributed by atoms with van der Waals surface area (Å²) in [4.78, 5) is 11.1. The van der Waals surface area contributed by atoms with Crippen molar-refractivity contribution in [3.63, 3.8) is 0 Å². The second kappa shape index (κ2) is 2.93. The second-order valence-electron chi connectivity index (χ2n) is 4.14. The lowest BCUT2D eigenvalue weighted by molar-refractivity contribution is -0.130. The highest BCUT2D eigenvalue weighted by Gasteiger charge is 2.46. The van der Waals surface area contributed by atoms with Crippen molar-refractivity contribution in [2.45, 2.75) is 31.6 Å². The molecule has 0 aromatic carbocycles. The lowest BCUT2D eigenvalue weighted by atomic mass is 9.76. The van der Waals surface area contributed by atoms with Crippen molar-refractivity contribution in [3.05, 3.63) is 0 Å². The molecule has 1 heterocycles. The van der Waals surface area contributed by atoms with Gasteiger partial charge in [0, 0.05) is 25.3 Å².